The van der Waals surface area contributed by atoms with Crippen LogP contribution in [-0.2, 0) is 26.1 Å². The second-order valence-electron chi connectivity index (χ2n) is 11.8. The Hall–Kier alpha value is -5.18. The topological polar surface area (TPSA) is 128 Å². The van der Waals surface area contributed by atoms with E-state index in [4.69, 9.17) is 0 Å². The van der Waals surface area contributed by atoms with E-state index in [2.05, 4.69) is 16.0 Å². The van der Waals surface area contributed by atoms with Gasteiger partial charge in [0, 0.05) is 74.4 Å². The van der Waals surface area contributed by atoms with E-state index in [1.807, 2.05) is 23.1 Å². The number of benzene rings is 2. The summed E-state index contributed by atoms with van der Waals surface area (Å²) in [6, 6.07) is 24.4. The van der Waals surface area contributed by atoms with Gasteiger partial charge in [0.15, 0.2) is 11.3 Å². The summed E-state index contributed by atoms with van der Waals surface area (Å²) in [5.74, 6) is -0.373. The maximum Gasteiger partial charge on any atom is 0.263 e. The maximum absolute atomic E-state index is 15.0. The van der Waals surface area contributed by atoms with Gasteiger partial charge < -0.3 is 4.90 Å². The van der Waals surface area contributed by atoms with E-state index < -0.39 is 15.6 Å². The van der Waals surface area contributed by atoms with Crippen molar-refractivity contribution < 1.29 is 18.0 Å². The number of aromatic nitrogens is 2. The number of nitrogens with zero attached hydrogens (tertiary/aromatic N) is 6. The molecule has 2 saturated heterocycles. The average molecular weight is 631 g/mol. The van der Waals surface area contributed by atoms with E-state index in [9.17, 15) is 18.5 Å². The van der Waals surface area contributed by atoms with Crippen LogP contribution < -0.4 is 0 Å². The molecule has 230 valence electrons. The number of allylic oxidation sites excluding steroid dienone is 1. The summed E-state index contributed by atoms with van der Waals surface area (Å²) < 4.78 is 28.2. The lowest BCUT2D eigenvalue weighted by Gasteiger charge is -2.35. The highest BCUT2D eigenvalue weighted by atomic mass is 32.2. The highest BCUT2D eigenvalue weighted by molar-refractivity contribution is 7.88. The van der Waals surface area contributed by atoms with Crippen LogP contribution in [0.25, 0.3) is 0 Å². The zero-order valence-electron chi connectivity index (χ0n) is 25.0. The summed E-state index contributed by atoms with van der Waals surface area (Å²) in [5, 5.41) is 9.21. The number of nitriles is 1. The van der Waals surface area contributed by atoms with Crippen molar-refractivity contribution in [1.82, 2.24) is 24.1 Å². The van der Waals surface area contributed by atoms with Crippen molar-refractivity contribution in [3.63, 3.8) is 0 Å². The number of likely N-dealkylation sites (N-methyl/N-ethyl adjacent to an activating group) is 1. The van der Waals surface area contributed by atoms with E-state index >= 15 is 4.79 Å². The fraction of sp³-hybridized carbons (Fsp3) is 0.229. The predicted molar refractivity (Wildman–Crippen MR) is 169 cm³/mol. The number of pyridine rings is 2. The van der Waals surface area contributed by atoms with Gasteiger partial charge in [0.05, 0.1) is 17.4 Å². The molecular formula is C35H30N6O4S. The minimum Gasteiger partial charge on any atom is -0.339 e. The van der Waals surface area contributed by atoms with Gasteiger partial charge in [-0.3, -0.25) is 24.5 Å². The van der Waals surface area contributed by atoms with Crippen molar-refractivity contribution in [1.29, 1.82) is 5.26 Å². The number of carbonyl (C=O) groups excluding carboxylic acids is 2. The van der Waals surface area contributed by atoms with Crippen molar-refractivity contribution >= 4 is 21.7 Å². The van der Waals surface area contributed by atoms with Gasteiger partial charge in [-0.1, -0.05) is 30.3 Å². The Bertz CT molecular complexity index is 1930. The summed E-state index contributed by atoms with van der Waals surface area (Å²) in [4.78, 5) is 40.6. The molecule has 0 radical (unpaired) electrons. The van der Waals surface area contributed by atoms with Crippen LogP contribution in [0, 0.1) is 23.2 Å². The first-order valence-electron chi connectivity index (χ1n) is 14.9. The van der Waals surface area contributed by atoms with Crippen molar-refractivity contribution in [3.05, 3.63) is 143 Å². The van der Waals surface area contributed by atoms with Gasteiger partial charge in [-0.15, -0.1) is 0 Å². The molecule has 4 aromatic rings. The molecule has 3 fully saturated rings. The number of rotatable bonds is 8. The van der Waals surface area contributed by atoms with E-state index in [0.29, 0.717) is 41.2 Å². The van der Waals surface area contributed by atoms with Crippen LogP contribution in [-0.4, -0.2) is 70.4 Å². The third-order valence-corrected chi connectivity index (χ3v) is 11.2. The average Bonchev–Trinajstić information content (AvgIpc) is 3.43. The highest BCUT2D eigenvalue weighted by Crippen LogP contribution is 2.56. The third-order valence-electron chi connectivity index (χ3n) is 9.38. The first-order valence-corrected chi connectivity index (χ1v) is 16.5. The van der Waals surface area contributed by atoms with Crippen LogP contribution in [0.2, 0.25) is 0 Å². The van der Waals surface area contributed by atoms with Gasteiger partial charge >= 0.3 is 0 Å². The molecule has 2 aliphatic heterocycles. The Morgan fingerprint density at radius 1 is 0.913 bits per heavy atom. The standard InChI is InChI=1S/C35H30N6O4S/c1-39-32(19-31(42)26-9-7-24(20-36)8-10-26)41(34(43)35(39,27-11-15-37-16-12-27)28-13-17-38-18-14-28)33-29-21-40(22-30(29)33)46(44,45)23-25-5-3-2-4-6-25/h2-19,29-30,33H,21-23H2,1H3/t29-,30+,33+. The molecule has 11 heteroatoms. The number of ketones is 1. The molecule has 2 aromatic carbocycles. The number of sulfonamides is 1. The molecule has 2 aromatic heterocycles. The Labute approximate surface area is 267 Å². The molecular weight excluding hydrogens is 600 g/mol. The maximum atomic E-state index is 15.0. The van der Waals surface area contributed by atoms with E-state index in [-0.39, 0.29) is 35.3 Å². The Balaban J connectivity index is 1.27. The Kier molecular flexibility index (Phi) is 7.26. The van der Waals surface area contributed by atoms with E-state index in [1.54, 1.807) is 97.4 Å². The van der Waals surface area contributed by atoms with Crippen LogP contribution in [0.3, 0.4) is 0 Å². The molecule has 4 heterocycles. The Morgan fingerprint density at radius 3 is 2.02 bits per heavy atom. The molecule has 0 unspecified atom stereocenters. The quantitative estimate of drug-likeness (QED) is 0.214. The lowest BCUT2D eigenvalue weighted by Crippen LogP contribution is -2.46. The molecule has 46 heavy (non-hydrogen) atoms. The molecule has 3 aliphatic rings. The number of carbonyl (C=O) groups is 2. The van der Waals surface area contributed by atoms with Crippen LogP contribution in [0.5, 0.6) is 0 Å². The summed E-state index contributed by atoms with van der Waals surface area (Å²) in [6.07, 6.45) is 8.01. The molecule has 0 bridgehead atoms. The number of hydrogen-bond acceptors (Lipinski definition) is 8. The minimum atomic E-state index is -3.56. The number of fused-ring (bicyclic) bond motifs is 1. The molecule has 1 amide bonds. The fourth-order valence-electron chi connectivity index (χ4n) is 7.05. The van der Waals surface area contributed by atoms with Crippen LogP contribution in [0.15, 0.2) is 116 Å². The smallest absolute Gasteiger partial charge is 0.263 e. The lowest BCUT2D eigenvalue weighted by atomic mass is 9.82. The van der Waals surface area contributed by atoms with Crippen molar-refractivity contribution in [2.24, 2.45) is 11.8 Å². The number of piperidine rings is 1. The molecule has 1 aliphatic carbocycles. The molecule has 0 spiro atoms. The van der Waals surface area contributed by atoms with Crippen LogP contribution >= 0.6 is 0 Å². The highest BCUT2D eigenvalue weighted by Gasteiger charge is 2.67. The summed E-state index contributed by atoms with van der Waals surface area (Å²) >= 11 is 0. The zero-order valence-corrected chi connectivity index (χ0v) is 25.8. The summed E-state index contributed by atoms with van der Waals surface area (Å²) in [7, 11) is -1.76. The van der Waals surface area contributed by atoms with E-state index in [1.165, 1.54) is 10.4 Å². The zero-order chi connectivity index (χ0) is 32.1. The normalized spacial score (nSPS) is 22.9. The van der Waals surface area contributed by atoms with Crippen molar-refractivity contribution in [3.8, 4) is 6.07 Å². The van der Waals surface area contributed by atoms with Gasteiger partial charge in [-0.25, -0.2) is 12.7 Å². The second-order valence-corrected chi connectivity index (χ2v) is 13.8. The van der Waals surface area contributed by atoms with Gasteiger partial charge in [0.1, 0.15) is 5.82 Å². The van der Waals surface area contributed by atoms with Gasteiger partial charge in [-0.05, 0) is 65.2 Å². The first-order chi connectivity index (χ1) is 22.3. The third kappa shape index (κ3) is 4.78. The monoisotopic (exact) mass is 630 g/mol. The predicted octanol–water partition coefficient (Wildman–Crippen LogP) is 3.55. The van der Waals surface area contributed by atoms with Crippen LogP contribution in [0.1, 0.15) is 32.6 Å². The number of amides is 1. The van der Waals surface area contributed by atoms with Crippen molar-refractivity contribution in [2.75, 3.05) is 20.1 Å². The fourth-order valence-corrected chi connectivity index (χ4v) is 8.64. The molecule has 1 saturated carbocycles. The lowest BCUT2D eigenvalue weighted by molar-refractivity contribution is -0.132. The summed E-state index contributed by atoms with van der Waals surface area (Å²) in [5.41, 5.74) is 1.58. The molecule has 10 nitrogen and oxygen atoms in total. The molecule has 0 N–H and O–H groups in total. The molecule has 7 rings (SSSR count). The number of hydrogen-bond donors (Lipinski definition) is 0. The van der Waals surface area contributed by atoms with Crippen molar-refractivity contribution in [2.45, 2.75) is 17.3 Å². The van der Waals surface area contributed by atoms with Gasteiger partial charge in [0.2, 0.25) is 10.0 Å². The minimum absolute atomic E-state index is 0.0815. The van der Waals surface area contributed by atoms with Gasteiger partial charge in [0.25, 0.3) is 5.91 Å². The summed E-state index contributed by atoms with van der Waals surface area (Å²) in [6.45, 7) is 0.596. The SMILES string of the molecule is CN1C(=CC(=O)c2ccc(C#N)cc2)N([C@H]2[C@@H]3CN(S(=O)(=O)Cc4ccccc4)C[C@@H]32)C(=O)C1(c1ccncc1)c1ccncc1. The second kappa shape index (κ2) is 11.3. The largest absolute Gasteiger partial charge is 0.339 e. The van der Waals surface area contributed by atoms with Gasteiger partial charge in [-0.2, -0.15) is 5.26 Å². The molecule has 3 atom stereocenters. The first kappa shape index (κ1) is 29.5. The van der Waals surface area contributed by atoms with Crippen LogP contribution in [0.4, 0.5) is 0 Å². The Morgan fingerprint density at radius 2 is 1.48 bits per heavy atom. The van der Waals surface area contributed by atoms with E-state index in [0.717, 1.165) is 5.56 Å².